The first kappa shape index (κ1) is 15.7. The van der Waals surface area contributed by atoms with Crippen LogP contribution in [0.3, 0.4) is 0 Å². The van der Waals surface area contributed by atoms with Crippen LogP contribution in [-0.4, -0.2) is 33.5 Å². The lowest BCUT2D eigenvalue weighted by molar-refractivity contribution is -0.118. The van der Waals surface area contributed by atoms with Gasteiger partial charge in [-0.15, -0.1) is 5.10 Å². The molecule has 1 saturated carbocycles. The number of hydrogen-bond donors (Lipinski definition) is 2. The number of methoxy groups -OCH3 is 1. The van der Waals surface area contributed by atoms with Crippen LogP contribution in [0, 0.1) is 0 Å². The van der Waals surface area contributed by atoms with Crippen molar-refractivity contribution in [2.45, 2.75) is 30.6 Å². The maximum Gasteiger partial charge on any atom is 0.344 e. The number of ether oxygens (including phenoxy) is 1. The molecule has 0 spiro atoms. The van der Waals surface area contributed by atoms with Gasteiger partial charge in [0, 0.05) is 18.2 Å². The lowest BCUT2D eigenvalue weighted by Crippen LogP contribution is -2.25. The van der Waals surface area contributed by atoms with Crippen molar-refractivity contribution in [1.29, 1.82) is 0 Å². The van der Waals surface area contributed by atoms with Gasteiger partial charge in [-0.05, 0) is 18.9 Å². The van der Waals surface area contributed by atoms with E-state index in [-0.39, 0.29) is 23.4 Å². The fourth-order valence-electron chi connectivity index (χ4n) is 2.27. The van der Waals surface area contributed by atoms with Gasteiger partial charge in [0.1, 0.15) is 5.75 Å². The van der Waals surface area contributed by atoms with E-state index in [1.54, 1.807) is 11.7 Å². The van der Waals surface area contributed by atoms with Gasteiger partial charge in [-0.2, -0.15) is 0 Å². The Morgan fingerprint density at radius 2 is 2.26 bits per heavy atom. The smallest absolute Gasteiger partial charge is 0.344 e. The van der Waals surface area contributed by atoms with Gasteiger partial charge in [-0.3, -0.25) is 9.36 Å². The number of aromatic amines is 1. The van der Waals surface area contributed by atoms with Gasteiger partial charge in [0.2, 0.25) is 5.91 Å². The highest BCUT2D eigenvalue weighted by molar-refractivity contribution is 7.99. The molecule has 8 heteroatoms. The Balaban J connectivity index is 1.53. The van der Waals surface area contributed by atoms with Crippen LogP contribution in [0.1, 0.15) is 24.4 Å². The first-order chi connectivity index (χ1) is 11.2. The Hall–Kier alpha value is -2.22. The van der Waals surface area contributed by atoms with Crippen molar-refractivity contribution in [3.63, 3.8) is 0 Å². The van der Waals surface area contributed by atoms with E-state index < -0.39 is 0 Å². The first-order valence-electron chi connectivity index (χ1n) is 7.37. The van der Waals surface area contributed by atoms with E-state index in [9.17, 15) is 9.59 Å². The predicted molar refractivity (Wildman–Crippen MR) is 86.7 cm³/mol. The molecule has 3 rings (SSSR count). The molecule has 1 amide bonds. The summed E-state index contributed by atoms with van der Waals surface area (Å²) < 4.78 is 6.89. The Labute approximate surface area is 137 Å². The minimum absolute atomic E-state index is 0.112. The number of amides is 1. The lowest BCUT2D eigenvalue weighted by Gasteiger charge is -2.09. The van der Waals surface area contributed by atoms with E-state index in [1.165, 1.54) is 11.8 Å². The van der Waals surface area contributed by atoms with Crippen molar-refractivity contribution in [3.8, 4) is 5.75 Å². The van der Waals surface area contributed by atoms with Gasteiger partial charge in [-0.25, -0.2) is 9.89 Å². The second-order valence-electron chi connectivity index (χ2n) is 5.29. The molecule has 1 heterocycles. The zero-order valence-corrected chi connectivity index (χ0v) is 13.6. The monoisotopic (exact) mass is 334 g/mol. The highest BCUT2D eigenvalue weighted by atomic mass is 32.2. The zero-order chi connectivity index (χ0) is 16.2. The molecule has 0 atom stereocenters. The summed E-state index contributed by atoms with van der Waals surface area (Å²) in [5, 5.41) is 9.85. The molecule has 0 unspecified atom stereocenters. The molecular formula is C15H18N4O3S. The number of aromatic nitrogens is 3. The Morgan fingerprint density at radius 1 is 1.48 bits per heavy atom. The van der Waals surface area contributed by atoms with Crippen molar-refractivity contribution in [2.75, 3.05) is 12.9 Å². The van der Waals surface area contributed by atoms with Gasteiger partial charge in [-0.1, -0.05) is 30.0 Å². The third-order valence-corrected chi connectivity index (χ3v) is 4.54. The van der Waals surface area contributed by atoms with Crippen molar-refractivity contribution in [1.82, 2.24) is 20.1 Å². The van der Waals surface area contributed by atoms with Crippen LogP contribution in [0.5, 0.6) is 5.75 Å². The maximum absolute atomic E-state index is 12.0. The minimum atomic E-state index is -0.204. The number of carbonyl (C=O) groups is 1. The highest BCUT2D eigenvalue weighted by Crippen LogP contribution is 2.35. The largest absolute Gasteiger partial charge is 0.496 e. The van der Waals surface area contributed by atoms with E-state index in [0.29, 0.717) is 11.7 Å². The number of nitrogens with zero attached hydrogens (tertiary/aromatic N) is 2. The average Bonchev–Trinajstić information content (AvgIpc) is 3.34. The molecule has 2 N–H and O–H groups in total. The summed E-state index contributed by atoms with van der Waals surface area (Å²) in [5.74, 6) is 0.848. The molecule has 1 aromatic carbocycles. The third kappa shape index (κ3) is 3.76. The summed E-state index contributed by atoms with van der Waals surface area (Å²) in [5.41, 5.74) is 0.715. The van der Waals surface area contributed by atoms with Crippen LogP contribution in [0.15, 0.2) is 34.2 Å². The molecule has 122 valence electrons. The maximum atomic E-state index is 12.0. The van der Waals surface area contributed by atoms with E-state index in [0.717, 1.165) is 24.2 Å². The topological polar surface area (TPSA) is 89.0 Å². The molecule has 1 aliphatic carbocycles. The molecule has 1 aliphatic rings. The quantitative estimate of drug-likeness (QED) is 0.746. The number of carbonyl (C=O) groups excluding carboxylic acids is 1. The van der Waals surface area contributed by atoms with Crippen molar-refractivity contribution >= 4 is 17.7 Å². The van der Waals surface area contributed by atoms with Crippen LogP contribution in [0.4, 0.5) is 0 Å². The summed E-state index contributed by atoms with van der Waals surface area (Å²) >= 11 is 1.27. The minimum Gasteiger partial charge on any atom is -0.496 e. The Bertz CT molecular complexity index is 751. The Morgan fingerprint density at radius 3 is 3.00 bits per heavy atom. The van der Waals surface area contributed by atoms with Gasteiger partial charge >= 0.3 is 5.69 Å². The van der Waals surface area contributed by atoms with Gasteiger partial charge in [0.05, 0.1) is 12.9 Å². The van der Waals surface area contributed by atoms with E-state index in [1.807, 2.05) is 24.3 Å². The summed E-state index contributed by atoms with van der Waals surface area (Å²) in [6.45, 7) is 0.402. The standard InChI is InChI=1S/C15H18N4O3S/c1-22-12-5-3-2-4-10(12)8-16-13(20)9-23-15-18-17-14(21)19(15)11-6-7-11/h2-5,11H,6-9H2,1H3,(H,16,20)(H,17,21). The van der Waals surface area contributed by atoms with Crippen molar-refractivity contribution < 1.29 is 9.53 Å². The molecule has 1 fully saturated rings. The van der Waals surface area contributed by atoms with Crippen LogP contribution < -0.4 is 15.7 Å². The second-order valence-corrected chi connectivity index (χ2v) is 6.23. The highest BCUT2D eigenvalue weighted by Gasteiger charge is 2.28. The van der Waals surface area contributed by atoms with E-state index >= 15 is 0 Å². The fraction of sp³-hybridized carbons (Fsp3) is 0.400. The first-order valence-corrected chi connectivity index (χ1v) is 8.36. The number of rotatable bonds is 7. The number of H-pyrrole nitrogens is 1. The molecular weight excluding hydrogens is 316 g/mol. The normalized spacial score (nSPS) is 13.8. The summed E-state index contributed by atoms with van der Waals surface area (Å²) in [7, 11) is 1.60. The van der Waals surface area contributed by atoms with E-state index in [4.69, 9.17) is 4.74 Å². The number of hydrogen-bond acceptors (Lipinski definition) is 5. The number of benzene rings is 1. The van der Waals surface area contributed by atoms with Crippen LogP contribution in [0.2, 0.25) is 0 Å². The van der Waals surface area contributed by atoms with Crippen molar-refractivity contribution in [3.05, 3.63) is 40.3 Å². The zero-order valence-electron chi connectivity index (χ0n) is 12.7. The molecule has 7 nitrogen and oxygen atoms in total. The van der Waals surface area contributed by atoms with Crippen LogP contribution in [-0.2, 0) is 11.3 Å². The van der Waals surface area contributed by atoms with Gasteiger partial charge in [0.15, 0.2) is 5.16 Å². The van der Waals surface area contributed by atoms with Crippen molar-refractivity contribution in [2.24, 2.45) is 0 Å². The summed E-state index contributed by atoms with van der Waals surface area (Å²) in [6.07, 6.45) is 1.99. The lowest BCUT2D eigenvalue weighted by atomic mass is 10.2. The predicted octanol–water partition coefficient (Wildman–Crippen LogP) is 1.32. The molecule has 0 bridgehead atoms. The molecule has 1 aromatic heterocycles. The number of thioether (sulfide) groups is 1. The number of para-hydroxylation sites is 1. The van der Waals surface area contributed by atoms with Crippen LogP contribution >= 0.6 is 11.8 Å². The Kier molecular flexibility index (Phi) is 4.71. The summed E-state index contributed by atoms with van der Waals surface area (Å²) in [6, 6.07) is 7.78. The molecule has 0 radical (unpaired) electrons. The number of nitrogens with one attached hydrogen (secondary N) is 2. The third-order valence-electron chi connectivity index (χ3n) is 3.58. The van der Waals surface area contributed by atoms with Crippen LogP contribution in [0.25, 0.3) is 0 Å². The summed E-state index contributed by atoms with van der Waals surface area (Å²) in [4.78, 5) is 23.7. The molecule has 0 saturated heterocycles. The molecule has 2 aromatic rings. The van der Waals surface area contributed by atoms with Gasteiger partial charge in [0.25, 0.3) is 0 Å². The fourth-order valence-corrected chi connectivity index (χ4v) is 3.11. The van der Waals surface area contributed by atoms with E-state index in [2.05, 4.69) is 15.5 Å². The molecule has 0 aliphatic heterocycles. The average molecular weight is 334 g/mol. The molecule has 23 heavy (non-hydrogen) atoms. The SMILES string of the molecule is COc1ccccc1CNC(=O)CSc1n[nH]c(=O)n1C1CC1. The second kappa shape index (κ2) is 6.91. The van der Waals surface area contributed by atoms with Gasteiger partial charge < -0.3 is 10.1 Å².